The Morgan fingerprint density at radius 3 is 2.05 bits per heavy atom. The van der Waals surface area contributed by atoms with Gasteiger partial charge < -0.3 is 20.3 Å². The molecule has 1 aliphatic rings. The summed E-state index contributed by atoms with van der Waals surface area (Å²) in [5.74, 6) is -0.131. The second kappa shape index (κ2) is 14.0. The van der Waals surface area contributed by atoms with Gasteiger partial charge in [0.25, 0.3) is 0 Å². The number of ether oxygens (including phenoxy) is 2. The fraction of sp³-hybridized carbons (Fsp3) is 0.310. The first-order chi connectivity index (χ1) is 19.4. The summed E-state index contributed by atoms with van der Waals surface area (Å²) in [6, 6.07) is 15.1. The second-order valence-electron chi connectivity index (χ2n) is 9.17. The monoisotopic (exact) mass is 611 g/mol. The minimum absolute atomic E-state index is 0.0189. The Balaban J connectivity index is 0.000000696. The highest BCUT2D eigenvalue weighted by Gasteiger charge is 2.43. The molecule has 1 aliphatic heterocycles. The van der Waals surface area contributed by atoms with Gasteiger partial charge >= 0.3 is 12.3 Å². The number of benzene rings is 3. The molecule has 4 rings (SSSR count). The molecular formula is C29H30Cl2F3N3O4. The SMILES string of the molecule is CCOc1cc(C(F)(F)F)ccc1C1=NC(c2ccc(Cl)cc2)C(c2ccc(Cl)cc2)N1C(=O)O.COCC(C)N. The number of amidine groups is 1. The number of nitrogens with two attached hydrogens (primary N) is 1. The van der Waals surface area contributed by atoms with Crippen molar-refractivity contribution < 1.29 is 32.5 Å². The van der Waals surface area contributed by atoms with E-state index in [1.54, 1.807) is 62.6 Å². The summed E-state index contributed by atoms with van der Waals surface area (Å²) in [5, 5.41) is 11.2. The summed E-state index contributed by atoms with van der Waals surface area (Å²) >= 11 is 12.1. The van der Waals surface area contributed by atoms with Crippen molar-refractivity contribution in [1.29, 1.82) is 0 Å². The highest BCUT2D eigenvalue weighted by atomic mass is 35.5. The van der Waals surface area contributed by atoms with Gasteiger partial charge in [-0.25, -0.2) is 4.79 Å². The molecule has 0 saturated heterocycles. The van der Waals surface area contributed by atoms with Gasteiger partial charge in [-0.05, 0) is 67.4 Å². The van der Waals surface area contributed by atoms with Crippen LogP contribution in [0.1, 0.15) is 48.2 Å². The third-order valence-electron chi connectivity index (χ3n) is 5.98. The third-order valence-corrected chi connectivity index (χ3v) is 6.48. The summed E-state index contributed by atoms with van der Waals surface area (Å²) < 4.78 is 50.2. The Kier molecular flexibility index (Phi) is 11.0. The highest BCUT2D eigenvalue weighted by molar-refractivity contribution is 6.30. The van der Waals surface area contributed by atoms with Gasteiger partial charge in [-0.3, -0.25) is 9.89 Å². The van der Waals surface area contributed by atoms with Crippen LogP contribution in [0, 0.1) is 0 Å². The van der Waals surface area contributed by atoms with E-state index in [-0.39, 0.29) is 29.8 Å². The van der Waals surface area contributed by atoms with Crippen molar-refractivity contribution in [3.8, 4) is 5.75 Å². The van der Waals surface area contributed by atoms with Gasteiger partial charge in [0.15, 0.2) is 0 Å². The minimum atomic E-state index is -4.59. The van der Waals surface area contributed by atoms with E-state index in [9.17, 15) is 23.1 Å². The van der Waals surface area contributed by atoms with Gasteiger partial charge in [-0.15, -0.1) is 0 Å². The smallest absolute Gasteiger partial charge is 0.416 e. The Hall–Kier alpha value is -3.31. The van der Waals surface area contributed by atoms with E-state index in [0.29, 0.717) is 27.8 Å². The first kappa shape index (κ1) is 32.2. The number of halogens is 5. The van der Waals surface area contributed by atoms with Crippen LogP contribution in [0.25, 0.3) is 0 Å². The van der Waals surface area contributed by atoms with E-state index in [1.807, 2.05) is 6.92 Å². The predicted octanol–water partition coefficient (Wildman–Crippen LogP) is 7.61. The zero-order valence-corrected chi connectivity index (χ0v) is 24.0. The van der Waals surface area contributed by atoms with Gasteiger partial charge in [0.1, 0.15) is 17.6 Å². The normalized spacial score (nSPS) is 17.4. The van der Waals surface area contributed by atoms with Crippen LogP contribution in [-0.2, 0) is 10.9 Å². The van der Waals surface area contributed by atoms with Crippen LogP contribution in [0.4, 0.5) is 18.0 Å². The van der Waals surface area contributed by atoms with E-state index in [0.717, 1.165) is 17.0 Å². The molecule has 1 heterocycles. The Morgan fingerprint density at radius 2 is 1.61 bits per heavy atom. The van der Waals surface area contributed by atoms with E-state index < -0.39 is 29.9 Å². The summed E-state index contributed by atoms with van der Waals surface area (Å²) in [6.07, 6.45) is -5.91. The number of amides is 1. The van der Waals surface area contributed by atoms with Crippen molar-refractivity contribution in [2.75, 3.05) is 20.3 Å². The molecule has 3 unspecified atom stereocenters. The van der Waals surface area contributed by atoms with Gasteiger partial charge in [0.2, 0.25) is 0 Å². The molecule has 0 radical (unpaired) electrons. The standard InChI is InChI=1S/C25H19Cl2F3N2O3.C4H11NO/c1-2-35-20-13-16(25(28,29)30)7-12-19(20)23-31-21(14-3-8-17(26)9-4-14)22(32(23)24(33)34)15-5-10-18(27)11-6-15;1-4(5)3-6-2/h3-13,21-22H,2H2,1H3,(H,33,34);4H,3,5H2,1-2H3. The van der Waals surface area contributed by atoms with Crippen molar-refractivity contribution in [2.45, 2.75) is 38.1 Å². The lowest BCUT2D eigenvalue weighted by molar-refractivity contribution is -0.137. The summed E-state index contributed by atoms with van der Waals surface area (Å²) in [5.41, 5.74) is 5.80. The van der Waals surface area contributed by atoms with Crippen LogP contribution in [0.15, 0.2) is 71.7 Å². The molecule has 0 aromatic heterocycles. The number of rotatable bonds is 7. The summed E-state index contributed by atoms with van der Waals surface area (Å²) in [7, 11) is 1.64. The number of carboxylic acid groups (broad SMARTS) is 1. The maximum absolute atomic E-state index is 13.3. The van der Waals surface area contributed by atoms with Crippen LogP contribution in [-0.4, -0.2) is 48.3 Å². The fourth-order valence-corrected chi connectivity index (χ4v) is 4.53. The van der Waals surface area contributed by atoms with E-state index in [2.05, 4.69) is 4.74 Å². The second-order valence-corrected chi connectivity index (χ2v) is 10.0. The first-order valence-electron chi connectivity index (χ1n) is 12.6. The van der Waals surface area contributed by atoms with Crippen molar-refractivity contribution in [3.05, 3.63) is 99.0 Å². The summed E-state index contributed by atoms with van der Waals surface area (Å²) in [6.45, 7) is 4.27. The number of nitrogens with zero attached hydrogens (tertiary/aromatic N) is 2. The molecule has 0 bridgehead atoms. The molecule has 3 aromatic carbocycles. The molecule has 7 nitrogen and oxygen atoms in total. The number of hydrogen-bond donors (Lipinski definition) is 2. The molecule has 3 atom stereocenters. The van der Waals surface area contributed by atoms with Crippen LogP contribution in [0.3, 0.4) is 0 Å². The molecule has 0 fully saturated rings. The zero-order valence-electron chi connectivity index (χ0n) is 22.5. The van der Waals surface area contributed by atoms with E-state index >= 15 is 0 Å². The topological polar surface area (TPSA) is 97.4 Å². The van der Waals surface area contributed by atoms with Crippen molar-refractivity contribution in [3.63, 3.8) is 0 Å². The lowest BCUT2D eigenvalue weighted by Gasteiger charge is -2.27. The average Bonchev–Trinajstić information content (AvgIpc) is 3.30. The minimum Gasteiger partial charge on any atom is -0.493 e. The first-order valence-corrected chi connectivity index (χ1v) is 13.3. The van der Waals surface area contributed by atoms with Crippen LogP contribution < -0.4 is 10.5 Å². The van der Waals surface area contributed by atoms with Crippen molar-refractivity contribution in [2.24, 2.45) is 10.7 Å². The molecule has 1 amide bonds. The lowest BCUT2D eigenvalue weighted by Crippen LogP contribution is -2.37. The summed E-state index contributed by atoms with van der Waals surface area (Å²) in [4.78, 5) is 18.3. The van der Waals surface area contributed by atoms with Crippen molar-refractivity contribution in [1.82, 2.24) is 4.90 Å². The molecule has 12 heteroatoms. The van der Waals surface area contributed by atoms with Crippen molar-refractivity contribution >= 4 is 35.1 Å². The highest BCUT2D eigenvalue weighted by Crippen LogP contribution is 2.45. The molecule has 41 heavy (non-hydrogen) atoms. The number of alkyl halides is 3. The maximum atomic E-state index is 13.3. The molecule has 0 aliphatic carbocycles. The predicted molar refractivity (Wildman–Crippen MR) is 153 cm³/mol. The molecule has 3 N–H and O–H groups in total. The van der Waals surface area contributed by atoms with Gasteiger partial charge in [0.05, 0.1) is 30.4 Å². The quantitative estimate of drug-likeness (QED) is 0.286. The van der Waals surface area contributed by atoms with E-state index in [4.69, 9.17) is 38.7 Å². The molecule has 220 valence electrons. The molecule has 0 spiro atoms. The lowest BCUT2D eigenvalue weighted by atomic mass is 9.94. The number of aliphatic imine (C=N–C) groups is 1. The number of carbonyl (C=O) groups is 1. The van der Waals surface area contributed by atoms with Crippen LogP contribution in [0.2, 0.25) is 10.0 Å². The van der Waals surface area contributed by atoms with Gasteiger partial charge in [-0.1, -0.05) is 47.5 Å². The van der Waals surface area contributed by atoms with E-state index in [1.165, 1.54) is 6.07 Å². The van der Waals surface area contributed by atoms with Crippen LogP contribution in [0.5, 0.6) is 5.75 Å². The maximum Gasteiger partial charge on any atom is 0.416 e. The van der Waals surface area contributed by atoms with Crippen LogP contribution >= 0.6 is 23.2 Å². The third kappa shape index (κ3) is 8.13. The Morgan fingerprint density at radius 1 is 1.05 bits per heavy atom. The molecule has 3 aromatic rings. The zero-order chi connectivity index (χ0) is 30.3. The number of methoxy groups -OCH3 is 1. The molecular weight excluding hydrogens is 582 g/mol. The van der Waals surface area contributed by atoms with Gasteiger partial charge in [0, 0.05) is 23.2 Å². The number of hydrogen-bond acceptors (Lipinski definition) is 5. The van der Waals surface area contributed by atoms with Gasteiger partial charge in [-0.2, -0.15) is 13.2 Å². The molecule has 0 saturated carbocycles. The Bertz CT molecular complexity index is 1350. The average molecular weight is 612 g/mol. The fourth-order valence-electron chi connectivity index (χ4n) is 4.28. The largest absolute Gasteiger partial charge is 0.493 e. The Labute approximate surface area is 246 Å².